The van der Waals surface area contributed by atoms with Crippen LogP contribution in [0, 0.1) is 18.8 Å². The van der Waals surface area contributed by atoms with Crippen LogP contribution in [-0.2, 0) is 11.2 Å². The molecule has 0 radical (unpaired) electrons. The molecule has 0 bridgehead atoms. The van der Waals surface area contributed by atoms with E-state index in [1.165, 1.54) is 11.1 Å². The van der Waals surface area contributed by atoms with Gasteiger partial charge in [-0.25, -0.2) is 0 Å². The van der Waals surface area contributed by atoms with Gasteiger partial charge < -0.3 is 4.74 Å². The average molecular weight is 269 g/mol. The van der Waals surface area contributed by atoms with Crippen LogP contribution in [0.25, 0.3) is 0 Å². The highest BCUT2D eigenvalue weighted by Gasteiger charge is 2.09. The molecule has 0 fully saturated rings. The van der Waals surface area contributed by atoms with Gasteiger partial charge in [0.05, 0.1) is 0 Å². The summed E-state index contributed by atoms with van der Waals surface area (Å²) in [6.07, 6.45) is 2.10. The van der Waals surface area contributed by atoms with Crippen molar-refractivity contribution in [2.75, 3.05) is 19.1 Å². The van der Waals surface area contributed by atoms with E-state index >= 15 is 0 Å². The molecule has 18 heavy (non-hydrogen) atoms. The smallest absolute Gasteiger partial charge is 0.0488 e. The van der Waals surface area contributed by atoms with Gasteiger partial charge in [0.25, 0.3) is 0 Å². The van der Waals surface area contributed by atoms with Crippen molar-refractivity contribution in [1.29, 1.82) is 0 Å². The third kappa shape index (κ3) is 6.42. The van der Waals surface area contributed by atoms with Crippen molar-refractivity contribution in [2.45, 2.75) is 33.6 Å². The monoisotopic (exact) mass is 268 g/mol. The Labute approximate surface area is 116 Å². The summed E-state index contributed by atoms with van der Waals surface area (Å²) in [7, 11) is 0. The molecular formula is C16H25ClO. The van der Waals surface area contributed by atoms with Gasteiger partial charge in [-0.05, 0) is 37.2 Å². The van der Waals surface area contributed by atoms with Crippen molar-refractivity contribution in [2.24, 2.45) is 11.8 Å². The highest BCUT2D eigenvalue weighted by molar-refractivity contribution is 6.18. The van der Waals surface area contributed by atoms with Crippen molar-refractivity contribution in [1.82, 2.24) is 0 Å². The van der Waals surface area contributed by atoms with Crippen molar-refractivity contribution >= 4 is 11.6 Å². The summed E-state index contributed by atoms with van der Waals surface area (Å²) < 4.78 is 5.63. The minimum absolute atomic E-state index is 0.514. The molecule has 1 nitrogen and oxygen atoms in total. The SMILES string of the molecule is Cc1cccc(CC(CCl)CCOCC(C)C)c1. The van der Waals surface area contributed by atoms with E-state index in [1.807, 2.05) is 0 Å². The van der Waals surface area contributed by atoms with E-state index in [2.05, 4.69) is 45.0 Å². The summed E-state index contributed by atoms with van der Waals surface area (Å²) in [5.74, 6) is 1.83. The lowest BCUT2D eigenvalue weighted by Gasteiger charge is -2.15. The van der Waals surface area contributed by atoms with Crippen LogP contribution in [0.15, 0.2) is 24.3 Å². The Morgan fingerprint density at radius 3 is 2.67 bits per heavy atom. The molecule has 0 spiro atoms. The molecule has 0 saturated heterocycles. The van der Waals surface area contributed by atoms with Crippen LogP contribution in [0.3, 0.4) is 0 Å². The first-order valence-electron chi connectivity index (χ1n) is 6.81. The summed E-state index contributed by atoms with van der Waals surface area (Å²) >= 11 is 6.04. The fraction of sp³-hybridized carbons (Fsp3) is 0.625. The van der Waals surface area contributed by atoms with Gasteiger partial charge in [-0.1, -0.05) is 43.7 Å². The van der Waals surface area contributed by atoms with Crippen LogP contribution in [0.2, 0.25) is 0 Å². The normalized spacial score (nSPS) is 12.9. The molecule has 1 rings (SSSR count). The second kappa shape index (κ2) is 8.55. The molecule has 0 aliphatic carbocycles. The first kappa shape index (κ1) is 15.5. The number of alkyl halides is 1. The first-order valence-corrected chi connectivity index (χ1v) is 7.34. The zero-order valence-corrected chi connectivity index (χ0v) is 12.5. The van der Waals surface area contributed by atoms with Gasteiger partial charge in [-0.2, -0.15) is 0 Å². The highest BCUT2D eigenvalue weighted by atomic mass is 35.5. The molecule has 102 valence electrons. The summed E-state index contributed by atoms with van der Waals surface area (Å²) in [6.45, 7) is 8.14. The first-order chi connectivity index (χ1) is 8.61. The number of hydrogen-bond acceptors (Lipinski definition) is 1. The minimum atomic E-state index is 0.514. The largest absolute Gasteiger partial charge is 0.381 e. The number of benzene rings is 1. The topological polar surface area (TPSA) is 9.23 Å². The fourth-order valence-corrected chi connectivity index (χ4v) is 2.24. The Bertz CT molecular complexity index is 336. The quantitative estimate of drug-likeness (QED) is 0.500. The summed E-state index contributed by atoms with van der Waals surface area (Å²) in [4.78, 5) is 0. The van der Waals surface area contributed by atoms with Crippen LogP contribution in [0.5, 0.6) is 0 Å². The van der Waals surface area contributed by atoms with Crippen molar-refractivity contribution in [3.63, 3.8) is 0 Å². The third-order valence-electron chi connectivity index (χ3n) is 2.95. The van der Waals surface area contributed by atoms with Gasteiger partial charge in [0.2, 0.25) is 0 Å². The van der Waals surface area contributed by atoms with Crippen molar-refractivity contribution in [3.05, 3.63) is 35.4 Å². The van der Waals surface area contributed by atoms with E-state index in [0.717, 1.165) is 26.1 Å². The van der Waals surface area contributed by atoms with Gasteiger partial charge in [-0.3, -0.25) is 0 Å². The number of ether oxygens (including phenoxy) is 1. The standard InChI is InChI=1S/C16H25ClO/c1-13(2)12-18-8-7-16(11-17)10-15-6-4-5-14(3)9-15/h4-6,9,13,16H,7-8,10-12H2,1-3H3. The maximum atomic E-state index is 6.04. The zero-order chi connectivity index (χ0) is 13.4. The lowest BCUT2D eigenvalue weighted by molar-refractivity contribution is 0.0996. The molecule has 1 atom stereocenters. The van der Waals surface area contributed by atoms with Gasteiger partial charge in [0, 0.05) is 19.1 Å². The Kier molecular flexibility index (Phi) is 7.38. The predicted octanol–water partition coefficient (Wildman–Crippen LogP) is 4.46. The lowest BCUT2D eigenvalue weighted by atomic mass is 9.97. The van der Waals surface area contributed by atoms with E-state index < -0.39 is 0 Å². The molecule has 0 aliphatic rings. The van der Waals surface area contributed by atoms with E-state index in [0.29, 0.717) is 17.7 Å². The molecule has 1 aromatic rings. The summed E-state index contributed by atoms with van der Waals surface area (Å²) in [6, 6.07) is 8.67. The summed E-state index contributed by atoms with van der Waals surface area (Å²) in [5.41, 5.74) is 2.70. The van der Waals surface area contributed by atoms with Crippen LogP contribution < -0.4 is 0 Å². The second-order valence-corrected chi connectivity index (χ2v) is 5.78. The molecule has 2 heteroatoms. The average Bonchev–Trinajstić information content (AvgIpc) is 2.33. The molecule has 0 heterocycles. The molecule has 1 unspecified atom stereocenters. The summed E-state index contributed by atoms with van der Waals surface area (Å²) in [5, 5.41) is 0. The Hall–Kier alpha value is -0.530. The van der Waals surface area contributed by atoms with E-state index in [1.54, 1.807) is 0 Å². The molecule has 0 N–H and O–H groups in total. The predicted molar refractivity (Wildman–Crippen MR) is 79.4 cm³/mol. The van der Waals surface area contributed by atoms with E-state index in [-0.39, 0.29) is 0 Å². The van der Waals surface area contributed by atoms with Crippen LogP contribution in [0.4, 0.5) is 0 Å². The third-order valence-corrected chi connectivity index (χ3v) is 3.38. The molecule has 0 aliphatic heterocycles. The van der Waals surface area contributed by atoms with Crippen LogP contribution in [-0.4, -0.2) is 19.1 Å². The van der Waals surface area contributed by atoms with Gasteiger partial charge in [0.15, 0.2) is 0 Å². The van der Waals surface area contributed by atoms with Crippen molar-refractivity contribution in [3.8, 4) is 0 Å². The van der Waals surface area contributed by atoms with Gasteiger partial charge in [-0.15, -0.1) is 11.6 Å². The molecule has 1 aromatic carbocycles. The maximum Gasteiger partial charge on any atom is 0.0488 e. The Morgan fingerprint density at radius 2 is 2.06 bits per heavy atom. The van der Waals surface area contributed by atoms with Crippen LogP contribution in [0.1, 0.15) is 31.4 Å². The van der Waals surface area contributed by atoms with E-state index in [9.17, 15) is 0 Å². The number of hydrogen-bond donors (Lipinski definition) is 0. The molecule has 0 saturated carbocycles. The zero-order valence-electron chi connectivity index (χ0n) is 11.8. The van der Waals surface area contributed by atoms with E-state index in [4.69, 9.17) is 16.3 Å². The van der Waals surface area contributed by atoms with Gasteiger partial charge >= 0.3 is 0 Å². The minimum Gasteiger partial charge on any atom is -0.381 e. The number of aryl methyl sites for hydroxylation is 1. The number of halogens is 1. The molecule has 0 amide bonds. The Morgan fingerprint density at radius 1 is 1.28 bits per heavy atom. The van der Waals surface area contributed by atoms with Crippen molar-refractivity contribution < 1.29 is 4.74 Å². The fourth-order valence-electron chi connectivity index (χ4n) is 1.98. The Balaban J connectivity index is 2.33. The second-order valence-electron chi connectivity index (χ2n) is 5.47. The van der Waals surface area contributed by atoms with Gasteiger partial charge in [0.1, 0.15) is 0 Å². The van der Waals surface area contributed by atoms with Crippen LogP contribution >= 0.6 is 11.6 Å². The molecular weight excluding hydrogens is 244 g/mol. The lowest BCUT2D eigenvalue weighted by Crippen LogP contribution is -2.12. The maximum absolute atomic E-state index is 6.04. The highest BCUT2D eigenvalue weighted by Crippen LogP contribution is 2.15. The number of rotatable bonds is 8. The molecule has 0 aromatic heterocycles.